The highest BCUT2D eigenvalue weighted by Gasteiger charge is 2.30. The Bertz CT molecular complexity index is 318. The average Bonchev–Trinajstić information content (AvgIpc) is 2.15. The van der Waals surface area contributed by atoms with Crippen LogP contribution in [0.15, 0.2) is 31.0 Å². The van der Waals surface area contributed by atoms with Gasteiger partial charge in [-0.1, -0.05) is 6.08 Å². The lowest BCUT2D eigenvalue weighted by atomic mass is 10.2. The van der Waals surface area contributed by atoms with Gasteiger partial charge < -0.3 is 5.11 Å². The monoisotopic (exact) mass is 203 g/mol. The molecule has 0 bridgehead atoms. The van der Waals surface area contributed by atoms with Crippen LogP contribution in [0, 0.1) is 0 Å². The molecule has 1 atom stereocenters. The molecule has 1 N–H and O–H groups in total. The standard InChI is InChI=1S/C9H8F3NO/c1-2-8(14)7-4-3-6(5-13-7)9(10,11)12/h2-5,8,14H,1H2. The van der Waals surface area contributed by atoms with E-state index in [9.17, 15) is 13.2 Å². The molecule has 0 aliphatic heterocycles. The Morgan fingerprint density at radius 3 is 2.43 bits per heavy atom. The van der Waals surface area contributed by atoms with Crippen LogP contribution < -0.4 is 0 Å². The Morgan fingerprint density at radius 1 is 1.43 bits per heavy atom. The van der Waals surface area contributed by atoms with Gasteiger partial charge in [-0.2, -0.15) is 13.2 Å². The Balaban J connectivity index is 2.95. The van der Waals surface area contributed by atoms with Crippen molar-refractivity contribution in [1.82, 2.24) is 4.98 Å². The van der Waals surface area contributed by atoms with Crippen molar-refractivity contribution in [2.75, 3.05) is 0 Å². The number of aliphatic hydroxyl groups is 1. The van der Waals surface area contributed by atoms with Gasteiger partial charge in [-0.15, -0.1) is 6.58 Å². The lowest BCUT2D eigenvalue weighted by Gasteiger charge is -2.08. The fraction of sp³-hybridized carbons (Fsp3) is 0.222. The van der Waals surface area contributed by atoms with E-state index < -0.39 is 17.8 Å². The molecule has 5 heteroatoms. The summed E-state index contributed by atoms with van der Waals surface area (Å²) in [6, 6.07) is 1.99. The molecule has 0 aromatic carbocycles. The summed E-state index contributed by atoms with van der Waals surface area (Å²) in [6.07, 6.45) is -3.56. The van der Waals surface area contributed by atoms with Gasteiger partial charge in [0.2, 0.25) is 0 Å². The van der Waals surface area contributed by atoms with E-state index in [0.717, 1.165) is 12.1 Å². The molecular formula is C9H8F3NO. The number of alkyl halides is 3. The number of aromatic nitrogens is 1. The van der Waals surface area contributed by atoms with Crippen molar-refractivity contribution in [1.29, 1.82) is 0 Å². The molecule has 0 aliphatic carbocycles. The fourth-order valence-electron chi connectivity index (χ4n) is 0.869. The predicted octanol–water partition coefficient (Wildman–Crippen LogP) is 2.32. The summed E-state index contributed by atoms with van der Waals surface area (Å²) in [7, 11) is 0. The molecule has 1 rings (SSSR count). The topological polar surface area (TPSA) is 33.1 Å². The van der Waals surface area contributed by atoms with Gasteiger partial charge in [0.15, 0.2) is 0 Å². The maximum absolute atomic E-state index is 12.1. The molecule has 1 unspecified atom stereocenters. The molecule has 0 amide bonds. The minimum Gasteiger partial charge on any atom is -0.383 e. The number of nitrogens with zero attached hydrogens (tertiary/aromatic N) is 1. The summed E-state index contributed by atoms with van der Waals surface area (Å²) >= 11 is 0. The van der Waals surface area contributed by atoms with E-state index in [4.69, 9.17) is 5.11 Å². The number of aliphatic hydroxyl groups excluding tert-OH is 1. The molecule has 76 valence electrons. The number of rotatable bonds is 2. The second-order valence-corrected chi connectivity index (χ2v) is 2.65. The van der Waals surface area contributed by atoms with Crippen molar-refractivity contribution < 1.29 is 18.3 Å². The third-order valence-corrected chi connectivity index (χ3v) is 1.64. The van der Waals surface area contributed by atoms with Crippen LogP contribution in [0.25, 0.3) is 0 Å². The molecule has 1 aromatic heterocycles. The number of pyridine rings is 1. The molecular weight excluding hydrogens is 195 g/mol. The van der Waals surface area contributed by atoms with Crippen LogP contribution in [0.3, 0.4) is 0 Å². The van der Waals surface area contributed by atoms with Crippen molar-refractivity contribution in [2.45, 2.75) is 12.3 Å². The summed E-state index contributed by atoms with van der Waals surface area (Å²) < 4.78 is 36.2. The van der Waals surface area contributed by atoms with Crippen molar-refractivity contribution in [3.05, 3.63) is 42.2 Å². The number of halogens is 3. The largest absolute Gasteiger partial charge is 0.417 e. The van der Waals surface area contributed by atoms with Gasteiger partial charge >= 0.3 is 6.18 Å². The highest BCUT2D eigenvalue weighted by atomic mass is 19.4. The van der Waals surface area contributed by atoms with Crippen LogP contribution in [0.2, 0.25) is 0 Å². The molecule has 0 fully saturated rings. The van der Waals surface area contributed by atoms with Gasteiger partial charge in [0, 0.05) is 6.20 Å². The summed E-state index contributed by atoms with van der Waals surface area (Å²) in [5, 5.41) is 9.16. The summed E-state index contributed by atoms with van der Waals surface area (Å²) in [5.41, 5.74) is -0.689. The van der Waals surface area contributed by atoms with Crippen molar-refractivity contribution in [3.8, 4) is 0 Å². The number of hydrogen-bond acceptors (Lipinski definition) is 2. The van der Waals surface area contributed by atoms with Crippen molar-refractivity contribution in [2.24, 2.45) is 0 Å². The van der Waals surface area contributed by atoms with Crippen molar-refractivity contribution in [3.63, 3.8) is 0 Å². The first-order valence-corrected chi connectivity index (χ1v) is 3.79. The zero-order chi connectivity index (χ0) is 10.8. The first kappa shape index (κ1) is 10.7. The highest BCUT2D eigenvalue weighted by molar-refractivity contribution is 5.19. The lowest BCUT2D eigenvalue weighted by molar-refractivity contribution is -0.137. The third kappa shape index (κ3) is 2.32. The third-order valence-electron chi connectivity index (χ3n) is 1.64. The minimum atomic E-state index is -4.40. The summed E-state index contributed by atoms with van der Waals surface area (Å²) in [5.74, 6) is 0. The van der Waals surface area contributed by atoms with Crippen LogP contribution in [-0.4, -0.2) is 10.1 Å². The summed E-state index contributed by atoms with van der Waals surface area (Å²) in [4.78, 5) is 3.47. The normalized spacial score (nSPS) is 13.7. The van der Waals surface area contributed by atoms with Crippen molar-refractivity contribution >= 4 is 0 Å². The second kappa shape index (κ2) is 3.79. The number of hydrogen-bond donors (Lipinski definition) is 1. The van der Waals surface area contributed by atoms with Gasteiger partial charge in [-0.05, 0) is 12.1 Å². The average molecular weight is 203 g/mol. The molecule has 2 nitrogen and oxygen atoms in total. The molecule has 0 aliphatic rings. The van der Waals surface area contributed by atoms with Crippen LogP contribution >= 0.6 is 0 Å². The molecule has 0 spiro atoms. The maximum atomic E-state index is 12.1. The molecule has 1 aromatic rings. The molecule has 14 heavy (non-hydrogen) atoms. The van der Waals surface area contributed by atoms with Crippen LogP contribution in [0.4, 0.5) is 13.2 Å². The van der Waals surface area contributed by atoms with Gasteiger partial charge in [0.05, 0.1) is 11.3 Å². The molecule has 1 heterocycles. The van der Waals surface area contributed by atoms with Crippen LogP contribution in [-0.2, 0) is 6.18 Å². The first-order chi connectivity index (χ1) is 6.45. The zero-order valence-corrected chi connectivity index (χ0v) is 7.12. The smallest absolute Gasteiger partial charge is 0.383 e. The van der Waals surface area contributed by atoms with E-state index in [-0.39, 0.29) is 5.69 Å². The van der Waals surface area contributed by atoms with E-state index in [0.29, 0.717) is 6.20 Å². The van der Waals surface area contributed by atoms with Gasteiger partial charge in [-0.3, -0.25) is 4.98 Å². The molecule has 0 saturated carbocycles. The van der Waals surface area contributed by atoms with Crippen LogP contribution in [0.5, 0.6) is 0 Å². The Labute approximate surface area is 78.7 Å². The zero-order valence-electron chi connectivity index (χ0n) is 7.12. The molecule has 0 saturated heterocycles. The minimum absolute atomic E-state index is 0.146. The predicted molar refractivity (Wildman–Crippen MR) is 44.4 cm³/mol. The fourth-order valence-corrected chi connectivity index (χ4v) is 0.869. The highest BCUT2D eigenvalue weighted by Crippen LogP contribution is 2.28. The van der Waals surface area contributed by atoms with E-state index in [1.807, 2.05) is 0 Å². The van der Waals surface area contributed by atoms with E-state index in [1.54, 1.807) is 0 Å². The Kier molecular flexibility index (Phi) is 2.90. The van der Waals surface area contributed by atoms with E-state index in [1.165, 1.54) is 6.08 Å². The summed E-state index contributed by atoms with van der Waals surface area (Å²) in [6.45, 7) is 3.30. The van der Waals surface area contributed by atoms with E-state index in [2.05, 4.69) is 11.6 Å². The Morgan fingerprint density at radius 2 is 2.07 bits per heavy atom. The SMILES string of the molecule is C=CC(O)c1ccc(C(F)(F)F)cn1. The lowest BCUT2D eigenvalue weighted by Crippen LogP contribution is -2.06. The molecule has 0 radical (unpaired) electrons. The quantitative estimate of drug-likeness (QED) is 0.748. The Hall–Kier alpha value is -1.36. The van der Waals surface area contributed by atoms with Gasteiger partial charge in [0.25, 0.3) is 0 Å². The van der Waals surface area contributed by atoms with Gasteiger partial charge in [0.1, 0.15) is 6.10 Å². The van der Waals surface area contributed by atoms with Crippen LogP contribution in [0.1, 0.15) is 17.4 Å². The van der Waals surface area contributed by atoms with E-state index >= 15 is 0 Å². The maximum Gasteiger partial charge on any atom is 0.417 e. The first-order valence-electron chi connectivity index (χ1n) is 3.79. The van der Waals surface area contributed by atoms with Gasteiger partial charge in [-0.25, -0.2) is 0 Å². The second-order valence-electron chi connectivity index (χ2n) is 2.65.